The molecule has 0 bridgehead atoms. The van der Waals surface area contributed by atoms with Crippen LogP contribution in [0.1, 0.15) is 31.7 Å². The van der Waals surface area contributed by atoms with Crippen molar-refractivity contribution in [3.05, 3.63) is 29.3 Å². The molecule has 21 heavy (non-hydrogen) atoms. The van der Waals surface area contributed by atoms with E-state index in [9.17, 15) is 17.2 Å². The first-order valence-electron chi connectivity index (χ1n) is 7.02. The molecule has 0 aromatic heterocycles. The standard InChI is InChI=1S/C14H20F2N2O2S/c1-10-5-3-4-6-18(10)21(19,20)13-8-11(9-17-2)7-12(15)14(13)16/h7-8,10,17H,3-6,9H2,1-2H3. The van der Waals surface area contributed by atoms with Gasteiger partial charge in [0.25, 0.3) is 0 Å². The summed E-state index contributed by atoms with van der Waals surface area (Å²) >= 11 is 0. The second kappa shape index (κ2) is 6.37. The summed E-state index contributed by atoms with van der Waals surface area (Å²) < 4.78 is 54.2. The van der Waals surface area contributed by atoms with Crippen molar-refractivity contribution in [2.24, 2.45) is 0 Å². The largest absolute Gasteiger partial charge is 0.316 e. The maximum Gasteiger partial charge on any atom is 0.246 e. The second-order valence-electron chi connectivity index (χ2n) is 5.38. The van der Waals surface area contributed by atoms with E-state index in [1.165, 1.54) is 10.4 Å². The van der Waals surface area contributed by atoms with Crippen LogP contribution in [-0.2, 0) is 16.6 Å². The first-order valence-corrected chi connectivity index (χ1v) is 8.46. The third kappa shape index (κ3) is 3.25. The fourth-order valence-corrected chi connectivity index (χ4v) is 4.49. The lowest BCUT2D eigenvalue weighted by molar-refractivity contribution is 0.267. The highest BCUT2D eigenvalue weighted by molar-refractivity contribution is 7.89. The van der Waals surface area contributed by atoms with Gasteiger partial charge in [-0.2, -0.15) is 4.31 Å². The first-order chi connectivity index (χ1) is 9.87. The van der Waals surface area contributed by atoms with Crippen molar-refractivity contribution in [3.8, 4) is 0 Å². The van der Waals surface area contributed by atoms with Crippen LogP contribution < -0.4 is 5.32 Å². The van der Waals surface area contributed by atoms with E-state index < -0.39 is 26.6 Å². The van der Waals surface area contributed by atoms with Crippen LogP contribution in [0.5, 0.6) is 0 Å². The molecule has 1 saturated heterocycles. The molecular weight excluding hydrogens is 298 g/mol. The topological polar surface area (TPSA) is 49.4 Å². The molecule has 0 aliphatic carbocycles. The molecular formula is C14H20F2N2O2S. The zero-order valence-corrected chi connectivity index (χ0v) is 13.0. The maximum atomic E-state index is 14.0. The minimum atomic E-state index is -4.01. The number of nitrogens with zero attached hydrogens (tertiary/aromatic N) is 1. The van der Waals surface area contributed by atoms with E-state index in [2.05, 4.69) is 5.32 Å². The molecule has 1 N–H and O–H groups in total. The number of nitrogens with one attached hydrogen (secondary N) is 1. The zero-order valence-electron chi connectivity index (χ0n) is 12.2. The quantitative estimate of drug-likeness (QED) is 0.926. The summed E-state index contributed by atoms with van der Waals surface area (Å²) in [5.74, 6) is -2.43. The van der Waals surface area contributed by atoms with Crippen LogP contribution in [-0.4, -0.2) is 32.4 Å². The van der Waals surface area contributed by atoms with Gasteiger partial charge in [-0.1, -0.05) is 6.42 Å². The molecule has 2 rings (SSSR count). The third-order valence-corrected chi connectivity index (χ3v) is 5.78. The summed E-state index contributed by atoms with van der Waals surface area (Å²) in [7, 11) is -2.36. The average molecular weight is 318 g/mol. The number of piperidine rings is 1. The van der Waals surface area contributed by atoms with E-state index in [1.807, 2.05) is 0 Å². The molecule has 4 nitrogen and oxygen atoms in total. The zero-order chi connectivity index (χ0) is 15.6. The minimum Gasteiger partial charge on any atom is -0.316 e. The lowest BCUT2D eigenvalue weighted by Gasteiger charge is -2.32. The van der Waals surface area contributed by atoms with Crippen LogP contribution in [0.4, 0.5) is 8.78 Å². The van der Waals surface area contributed by atoms with Gasteiger partial charge in [-0.05, 0) is 44.5 Å². The van der Waals surface area contributed by atoms with Crippen molar-refractivity contribution in [3.63, 3.8) is 0 Å². The molecule has 0 saturated carbocycles. The molecule has 1 aromatic carbocycles. The van der Waals surface area contributed by atoms with Gasteiger partial charge in [0.15, 0.2) is 11.6 Å². The molecule has 1 aliphatic rings. The van der Waals surface area contributed by atoms with Gasteiger partial charge in [-0.15, -0.1) is 0 Å². The highest BCUT2D eigenvalue weighted by atomic mass is 32.2. The van der Waals surface area contributed by atoms with E-state index in [0.29, 0.717) is 12.1 Å². The number of halogens is 2. The Labute approximate surface area is 124 Å². The molecule has 1 fully saturated rings. The molecule has 1 aromatic rings. The van der Waals surface area contributed by atoms with Crippen LogP contribution in [0.15, 0.2) is 17.0 Å². The summed E-state index contributed by atoms with van der Waals surface area (Å²) in [6.45, 7) is 2.42. The molecule has 0 spiro atoms. The Morgan fingerprint density at radius 2 is 2.05 bits per heavy atom. The minimum absolute atomic E-state index is 0.195. The molecule has 1 heterocycles. The predicted molar refractivity (Wildman–Crippen MR) is 76.3 cm³/mol. The average Bonchev–Trinajstić information content (AvgIpc) is 2.43. The summed E-state index contributed by atoms with van der Waals surface area (Å²) in [5, 5.41) is 2.80. The highest BCUT2D eigenvalue weighted by Crippen LogP contribution is 2.28. The van der Waals surface area contributed by atoms with Gasteiger partial charge in [0, 0.05) is 19.1 Å². The lowest BCUT2D eigenvalue weighted by Crippen LogP contribution is -2.42. The number of hydrogen-bond acceptors (Lipinski definition) is 3. The van der Waals surface area contributed by atoms with E-state index in [0.717, 1.165) is 25.3 Å². The smallest absolute Gasteiger partial charge is 0.246 e. The maximum absolute atomic E-state index is 14.0. The fraction of sp³-hybridized carbons (Fsp3) is 0.571. The Kier molecular flexibility index (Phi) is 4.95. The van der Waals surface area contributed by atoms with Crippen LogP contribution in [0, 0.1) is 11.6 Å². The lowest BCUT2D eigenvalue weighted by atomic mass is 10.1. The Morgan fingerprint density at radius 1 is 1.33 bits per heavy atom. The van der Waals surface area contributed by atoms with Gasteiger partial charge >= 0.3 is 0 Å². The van der Waals surface area contributed by atoms with Crippen molar-refractivity contribution in [1.82, 2.24) is 9.62 Å². The number of hydrogen-bond donors (Lipinski definition) is 1. The molecule has 0 radical (unpaired) electrons. The second-order valence-corrected chi connectivity index (χ2v) is 7.24. The van der Waals surface area contributed by atoms with E-state index >= 15 is 0 Å². The van der Waals surface area contributed by atoms with E-state index in [4.69, 9.17) is 0 Å². The van der Waals surface area contributed by atoms with Gasteiger partial charge in [0.1, 0.15) is 4.90 Å². The molecule has 118 valence electrons. The molecule has 7 heteroatoms. The highest BCUT2D eigenvalue weighted by Gasteiger charge is 2.34. The summed E-state index contributed by atoms with van der Waals surface area (Å²) in [6, 6.07) is 2.04. The van der Waals surface area contributed by atoms with Gasteiger partial charge in [0.2, 0.25) is 10.0 Å². The third-order valence-electron chi connectivity index (χ3n) is 3.76. The monoisotopic (exact) mass is 318 g/mol. The summed E-state index contributed by atoms with van der Waals surface area (Å²) in [5.41, 5.74) is 0.402. The van der Waals surface area contributed by atoms with Crippen molar-refractivity contribution < 1.29 is 17.2 Å². The number of rotatable bonds is 4. The fourth-order valence-electron chi connectivity index (χ4n) is 2.67. The predicted octanol–water partition coefficient (Wildman–Crippen LogP) is 2.25. The number of sulfonamides is 1. The van der Waals surface area contributed by atoms with Crippen molar-refractivity contribution in [2.45, 2.75) is 43.7 Å². The summed E-state index contributed by atoms with van der Waals surface area (Å²) in [6.07, 6.45) is 2.42. The molecule has 1 atom stereocenters. The Balaban J connectivity index is 2.48. The van der Waals surface area contributed by atoms with Crippen molar-refractivity contribution in [2.75, 3.05) is 13.6 Å². The van der Waals surface area contributed by atoms with Gasteiger partial charge < -0.3 is 5.32 Å². The van der Waals surface area contributed by atoms with Crippen LogP contribution in [0.3, 0.4) is 0 Å². The van der Waals surface area contributed by atoms with E-state index in [-0.39, 0.29) is 12.6 Å². The van der Waals surface area contributed by atoms with Crippen molar-refractivity contribution in [1.29, 1.82) is 0 Å². The van der Waals surface area contributed by atoms with Gasteiger partial charge in [-0.3, -0.25) is 0 Å². The van der Waals surface area contributed by atoms with Gasteiger partial charge in [0.05, 0.1) is 0 Å². The molecule has 0 amide bonds. The van der Waals surface area contributed by atoms with Crippen molar-refractivity contribution >= 4 is 10.0 Å². The first kappa shape index (κ1) is 16.3. The number of benzene rings is 1. The Hall–Kier alpha value is -1.05. The van der Waals surface area contributed by atoms with Gasteiger partial charge in [-0.25, -0.2) is 17.2 Å². The Bertz CT molecular complexity index is 620. The summed E-state index contributed by atoms with van der Waals surface area (Å²) in [4.78, 5) is -0.568. The van der Waals surface area contributed by atoms with Crippen LogP contribution >= 0.6 is 0 Å². The van der Waals surface area contributed by atoms with Crippen LogP contribution in [0.25, 0.3) is 0 Å². The normalized spacial score (nSPS) is 20.7. The molecule has 1 aliphatic heterocycles. The van der Waals surface area contributed by atoms with Crippen LogP contribution in [0.2, 0.25) is 0 Å². The molecule has 1 unspecified atom stereocenters. The van der Waals surface area contributed by atoms with E-state index in [1.54, 1.807) is 14.0 Å². The Morgan fingerprint density at radius 3 is 2.67 bits per heavy atom. The SMILES string of the molecule is CNCc1cc(F)c(F)c(S(=O)(=O)N2CCCCC2C)c1.